The summed E-state index contributed by atoms with van der Waals surface area (Å²) in [4.78, 5) is 14.9. The minimum atomic E-state index is -0.415. The van der Waals surface area contributed by atoms with E-state index in [0.29, 0.717) is 25.3 Å². The van der Waals surface area contributed by atoms with Crippen molar-refractivity contribution in [1.29, 1.82) is 0 Å². The molecule has 2 heterocycles. The lowest BCUT2D eigenvalue weighted by Crippen LogP contribution is -2.46. The number of nitrogens with two attached hydrogens (primary N) is 1. The number of rotatable bonds is 4. The molecule has 0 radical (unpaired) electrons. The molecule has 1 aromatic carbocycles. The molecule has 1 aliphatic heterocycles. The number of aromatic nitrogens is 4. The molecule has 7 nitrogen and oxygen atoms in total. The Hall–Kier alpha value is -1.99. The topological polar surface area (TPSA) is 89.9 Å². The van der Waals surface area contributed by atoms with Crippen molar-refractivity contribution in [3.05, 3.63) is 41.7 Å². The molecule has 2 aromatic rings. The van der Waals surface area contributed by atoms with Crippen molar-refractivity contribution in [2.75, 3.05) is 13.1 Å². The lowest BCUT2D eigenvalue weighted by molar-refractivity contribution is -0.136. The Balaban J connectivity index is 0.00000208. The second-order valence-electron chi connectivity index (χ2n) is 6.04. The van der Waals surface area contributed by atoms with Crippen LogP contribution in [0.15, 0.2) is 30.3 Å². The Morgan fingerprint density at radius 3 is 2.54 bits per heavy atom. The third-order valence-corrected chi connectivity index (χ3v) is 4.36. The lowest BCUT2D eigenvalue weighted by Gasteiger charge is -2.33. The van der Waals surface area contributed by atoms with Crippen LogP contribution in [0.2, 0.25) is 0 Å². The first-order valence-corrected chi connectivity index (χ1v) is 7.98. The molecular weight excluding hydrogens is 328 g/mol. The predicted molar refractivity (Wildman–Crippen MR) is 92.8 cm³/mol. The number of benzene rings is 1. The maximum Gasteiger partial charge on any atom is 0.247 e. The highest BCUT2D eigenvalue weighted by atomic mass is 35.5. The first-order chi connectivity index (χ1) is 11.1. The van der Waals surface area contributed by atoms with E-state index in [-0.39, 0.29) is 24.4 Å². The lowest BCUT2D eigenvalue weighted by atomic mass is 10.0. The third-order valence-electron chi connectivity index (χ3n) is 4.36. The molecule has 1 unspecified atom stereocenters. The second-order valence-corrected chi connectivity index (χ2v) is 6.04. The van der Waals surface area contributed by atoms with E-state index in [4.69, 9.17) is 5.73 Å². The summed E-state index contributed by atoms with van der Waals surface area (Å²) < 4.78 is 1.63. The van der Waals surface area contributed by atoms with Gasteiger partial charge in [0.05, 0.1) is 0 Å². The normalized spacial score (nSPS) is 16.5. The maximum atomic E-state index is 13.0. The Labute approximate surface area is 147 Å². The van der Waals surface area contributed by atoms with Crippen LogP contribution in [0.1, 0.15) is 30.3 Å². The highest BCUT2D eigenvalue weighted by Gasteiger charge is 2.30. The predicted octanol–water partition coefficient (Wildman–Crippen LogP) is 1.14. The van der Waals surface area contributed by atoms with Gasteiger partial charge in [-0.1, -0.05) is 30.3 Å². The largest absolute Gasteiger partial charge is 0.341 e. The van der Waals surface area contributed by atoms with E-state index in [2.05, 4.69) is 15.5 Å². The molecule has 1 aromatic heterocycles. The number of likely N-dealkylation sites (tertiary alicyclic amines) is 1. The van der Waals surface area contributed by atoms with Gasteiger partial charge in [0.2, 0.25) is 5.91 Å². The Bertz CT molecular complexity index is 654. The van der Waals surface area contributed by atoms with E-state index in [1.54, 1.807) is 4.68 Å². The number of tetrazole rings is 1. The standard InChI is InChI=1S/C16H22N6O.ClH/c1-12-18-19-20-22(12)15(11-13-5-3-2-4-6-13)16(23)21-9-7-14(17)8-10-21;/h2-6,14-15H,7-11,17H2,1H3;1H. The minimum Gasteiger partial charge on any atom is -0.341 e. The van der Waals surface area contributed by atoms with Gasteiger partial charge in [0.25, 0.3) is 0 Å². The summed E-state index contributed by atoms with van der Waals surface area (Å²) in [5.74, 6) is 0.712. The SMILES string of the molecule is Cc1nnnn1C(Cc1ccccc1)C(=O)N1CCC(N)CC1.Cl. The molecule has 0 bridgehead atoms. The van der Waals surface area contributed by atoms with E-state index in [1.165, 1.54) is 0 Å². The van der Waals surface area contributed by atoms with Gasteiger partial charge in [0.15, 0.2) is 0 Å². The molecule has 8 heteroatoms. The summed E-state index contributed by atoms with van der Waals surface area (Å²) in [7, 11) is 0. The van der Waals surface area contributed by atoms with Crippen molar-refractivity contribution in [2.45, 2.75) is 38.3 Å². The molecule has 0 spiro atoms. The Morgan fingerprint density at radius 2 is 1.96 bits per heavy atom. The zero-order valence-electron chi connectivity index (χ0n) is 13.7. The van der Waals surface area contributed by atoms with E-state index in [0.717, 1.165) is 18.4 Å². The summed E-state index contributed by atoms with van der Waals surface area (Å²) in [6.07, 6.45) is 2.27. The summed E-state index contributed by atoms with van der Waals surface area (Å²) in [5.41, 5.74) is 7.03. The van der Waals surface area contributed by atoms with Crippen molar-refractivity contribution < 1.29 is 4.79 Å². The molecule has 0 saturated carbocycles. The molecule has 24 heavy (non-hydrogen) atoms. The van der Waals surface area contributed by atoms with Gasteiger partial charge in [0.1, 0.15) is 11.9 Å². The molecule has 1 saturated heterocycles. The first-order valence-electron chi connectivity index (χ1n) is 7.98. The smallest absolute Gasteiger partial charge is 0.247 e. The number of carbonyl (C=O) groups excluding carboxylic acids is 1. The molecule has 1 amide bonds. The van der Waals surface area contributed by atoms with Crippen molar-refractivity contribution in [1.82, 2.24) is 25.1 Å². The maximum absolute atomic E-state index is 13.0. The van der Waals surface area contributed by atoms with Gasteiger partial charge >= 0.3 is 0 Å². The summed E-state index contributed by atoms with van der Waals surface area (Å²) in [5, 5.41) is 11.7. The van der Waals surface area contributed by atoms with Crippen LogP contribution in [0.25, 0.3) is 0 Å². The number of hydrogen-bond donors (Lipinski definition) is 1. The average molecular weight is 351 g/mol. The molecule has 3 rings (SSSR count). The molecule has 1 aliphatic rings. The summed E-state index contributed by atoms with van der Waals surface area (Å²) in [6.45, 7) is 3.22. The van der Waals surface area contributed by atoms with Crippen molar-refractivity contribution in [3.8, 4) is 0 Å². The summed E-state index contributed by atoms with van der Waals surface area (Å²) >= 11 is 0. The van der Waals surface area contributed by atoms with Crippen molar-refractivity contribution in [2.24, 2.45) is 5.73 Å². The van der Waals surface area contributed by atoms with Crippen LogP contribution in [0.5, 0.6) is 0 Å². The molecular formula is C16H23ClN6O. The Morgan fingerprint density at radius 1 is 1.29 bits per heavy atom. The van der Waals surface area contributed by atoms with Crippen molar-refractivity contribution in [3.63, 3.8) is 0 Å². The van der Waals surface area contributed by atoms with E-state index >= 15 is 0 Å². The number of piperidine rings is 1. The number of carbonyl (C=O) groups is 1. The highest BCUT2D eigenvalue weighted by molar-refractivity contribution is 5.85. The molecule has 2 N–H and O–H groups in total. The van der Waals surface area contributed by atoms with Gasteiger partial charge < -0.3 is 10.6 Å². The van der Waals surface area contributed by atoms with Crippen molar-refractivity contribution >= 4 is 18.3 Å². The van der Waals surface area contributed by atoms with Crippen LogP contribution in [0.4, 0.5) is 0 Å². The molecule has 0 aliphatic carbocycles. The van der Waals surface area contributed by atoms with Gasteiger partial charge in [-0.2, -0.15) is 0 Å². The molecule has 130 valence electrons. The molecule has 1 atom stereocenters. The van der Waals surface area contributed by atoms with E-state index in [9.17, 15) is 4.79 Å². The minimum absolute atomic E-state index is 0. The monoisotopic (exact) mass is 350 g/mol. The fraction of sp³-hybridized carbons (Fsp3) is 0.500. The van der Waals surface area contributed by atoms with Crippen LogP contribution >= 0.6 is 12.4 Å². The van der Waals surface area contributed by atoms with Crippen LogP contribution < -0.4 is 5.73 Å². The van der Waals surface area contributed by atoms with Gasteiger partial charge in [-0.25, -0.2) is 4.68 Å². The Kier molecular flexibility index (Phi) is 6.28. The zero-order chi connectivity index (χ0) is 16.2. The number of halogens is 1. The number of hydrogen-bond acceptors (Lipinski definition) is 5. The van der Waals surface area contributed by atoms with Gasteiger partial charge in [-0.15, -0.1) is 17.5 Å². The number of nitrogens with zero attached hydrogens (tertiary/aromatic N) is 5. The highest BCUT2D eigenvalue weighted by Crippen LogP contribution is 2.20. The molecule has 1 fully saturated rings. The van der Waals surface area contributed by atoms with Gasteiger partial charge in [-0.3, -0.25) is 4.79 Å². The van der Waals surface area contributed by atoms with Crippen LogP contribution in [-0.2, 0) is 11.2 Å². The van der Waals surface area contributed by atoms with E-state index in [1.807, 2.05) is 42.2 Å². The fourth-order valence-electron chi connectivity index (χ4n) is 2.97. The third kappa shape index (κ3) is 4.10. The second kappa shape index (κ2) is 8.21. The van der Waals surface area contributed by atoms with Crippen LogP contribution in [0, 0.1) is 6.92 Å². The number of amides is 1. The summed E-state index contributed by atoms with van der Waals surface area (Å²) in [6, 6.07) is 9.74. The fourth-order valence-corrected chi connectivity index (χ4v) is 2.97. The zero-order valence-corrected chi connectivity index (χ0v) is 14.5. The van der Waals surface area contributed by atoms with E-state index < -0.39 is 6.04 Å². The number of aryl methyl sites for hydroxylation is 1. The average Bonchev–Trinajstić information content (AvgIpc) is 2.99. The van der Waals surface area contributed by atoms with Crippen LogP contribution in [0.3, 0.4) is 0 Å². The quantitative estimate of drug-likeness (QED) is 0.892. The first kappa shape index (κ1) is 18.4. The van der Waals surface area contributed by atoms with Gasteiger partial charge in [-0.05, 0) is 35.8 Å². The van der Waals surface area contributed by atoms with Crippen LogP contribution in [-0.4, -0.2) is 50.1 Å². The van der Waals surface area contributed by atoms with Gasteiger partial charge in [0, 0.05) is 25.6 Å².